The van der Waals surface area contributed by atoms with Crippen LogP contribution in [0.1, 0.15) is 36.0 Å². The Kier molecular flexibility index (Phi) is 4.19. The van der Waals surface area contributed by atoms with Crippen LogP contribution in [0.4, 0.5) is 11.4 Å². The van der Waals surface area contributed by atoms with Gasteiger partial charge in [0.05, 0.1) is 17.1 Å². The molecule has 1 saturated carbocycles. The molecule has 0 saturated heterocycles. The van der Waals surface area contributed by atoms with Crippen molar-refractivity contribution in [3.8, 4) is 0 Å². The minimum atomic E-state index is -0.711. The molecule has 1 aliphatic rings. The number of aliphatic hydroxyl groups excluding tert-OH is 1. The summed E-state index contributed by atoms with van der Waals surface area (Å²) in [6.45, 7) is 0. The third kappa shape index (κ3) is 3.05. The van der Waals surface area contributed by atoms with E-state index in [2.05, 4.69) is 5.32 Å². The minimum absolute atomic E-state index is 0.0893. The van der Waals surface area contributed by atoms with E-state index in [9.17, 15) is 20.0 Å². The quantitative estimate of drug-likeness (QED) is 0.568. The minimum Gasteiger partial charge on any atom is -0.391 e. The summed E-state index contributed by atoms with van der Waals surface area (Å²) in [4.78, 5) is 21.6. The van der Waals surface area contributed by atoms with Gasteiger partial charge in [0.1, 0.15) is 5.69 Å². The number of nitrogens with one attached hydrogen (secondary N) is 1. The van der Waals surface area contributed by atoms with Gasteiger partial charge in [-0.25, -0.2) is 0 Å². The van der Waals surface area contributed by atoms with Crippen LogP contribution in [0.25, 0.3) is 0 Å². The smallest absolute Gasteiger partial charge is 0.293 e. The number of hydrogen-bond donors (Lipinski definition) is 3. The fraction of sp³-hybridized carbons (Fsp3) is 0.462. The Morgan fingerprint density at radius 1 is 1.40 bits per heavy atom. The van der Waals surface area contributed by atoms with Crippen molar-refractivity contribution >= 4 is 17.3 Å². The number of rotatable bonds is 4. The van der Waals surface area contributed by atoms with Gasteiger partial charge in [-0.2, -0.15) is 0 Å². The van der Waals surface area contributed by atoms with Crippen LogP contribution in [-0.2, 0) is 0 Å². The summed E-state index contributed by atoms with van der Waals surface area (Å²) in [6, 6.07) is 3.84. The molecule has 1 aliphatic carbocycles. The van der Waals surface area contributed by atoms with E-state index in [1.807, 2.05) is 0 Å². The van der Waals surface area contributed by atoms with Gasteiger partial charge >= 0.3 is 0 Å². The number of primary amides is 1. The number of aliphatic hydroxyl groups is 1. The van der Waals surface area contributed by atoms with Gasteiger partial charge in [0.15, 0.2) is 0 Å². The molecular weight excluding hydrogens is 262 g/mol. The molecule has 0 aromatic heterocycles. The molecular formula is C13H17N3O4. The Bertz CT molecular complexity index is 532. The second kappa shape index (κ2) is 5.87. The fourth-order valence-corrected chi connectivity index (χ4v) is 2.44. The third-order valence-electron chi connectivity index (χ3n) is 3.55. The van der Waals surface area contributed by atoms with Crippen LogP contribution < -0.4 is 11.1 Å². The fourth-order valence-electron chi connectivity index (χ4n) is 2.44. The summed E-state index contributed by atoms with van der Waals surface area (Å²) >= 11 is 0. The number of carbonyl (C=O) groups is 1. The van der Waals surface area contributed by atoms with Gasteiger partial charge in [-0.3, -0.25) is 14.9 Å². The summed E-state index contributed by atoms with van der Waals surface area (Å²) in [5.74, 6) is -0.711. The van der Waals surface area contributed by atoms with Crippen molar-refractivity contribution in [2.45, 2.75) is 37.8 Å². The molecule has 0 aliphatic heterocycles. The Labute approximate surface area is 115 Å². The lowest BCUT2D eigenvalue weighted by molar-refractivity contribution is -0.384. The summed E-state index contributed by atoms with van der Waals surface area (Å²) in [7, 11) is 0. The van der Waals surface area contributed by atoms with Gasteiger partial charge in [0.2, 0.25) is 5.91 Å². The summed E-state index contributed by atoms with van der Waals surface area (Å²) in [5.41, 5.74) is 5.29. The highest BCUT2D eigenvalue weighted by Crippen LogP contribution is 2.29. The summed E-state index contributed by atoms with van der Waals surface area (Å²) in [6.07, 6.45) is 2.86. The number of nitrogens with zero attached hydrogens (tertiary/aromatic N) is 1. The Balaban J connectivity index is 2.26. The van der Waals surface area contributed by atoms with Gasteiger partial charge in [-0.1, -0.05) is 12.8 Å². The predicted octanol–water partition coefficient (Wildman–Crippen LogP) is 1.41. The van der Waals surface area contributed by atoms with Crippen molar-refractivity contribution in [2.24, 2.45) is 5.73 Å². The van der Waals surface area contributed by atoms with Gasteiger partial charge in [-0.05, 0) is 25.0 Å². The van der Waals surface area contributed by atoms with Crippen LogP contribution in [0.15, 0.2) is 18.2 Å². The molecule has 1 amide bonds. The lowest BCUT2D eigenvalue weighted by Gasteiger charge is -2.29. The van der Waals surface area contributed by atoms with Crippen molar-refractivity contribution in [1.29, 1.82) is 0 Å². The second-order valence-corrected chi connectivity index (χ2v) is 4.96. The highest BCUT2D eigenvalue weighted by Gasteiger charge is 2.25. The normalized spacial score (nSPS) is 22.2. The SMILES string of the molecule is NC(=O)c1ccc(NC2CCCCC2O)c([N+](=O)[O-])c1. The maximum atomic E-state index is 11.1. The van der Waals surface area contributed by atoms with E-state index in [1.54, 1.807) is 0 Å². The molecule has 7 heteroatoms. The maximum Gasteiger partial charge on any atom is 0.293 e. The van der Waals surface area contributed by atoms with Crippen LogP contribution in [0.3, 0.4) is 0 Å². The van der Waals surface area contributed by atoms with Crippen molar-refractivity contribution in [1.82, 2.24) is 0 Å². The Hall–Kier alpha value is -2.15. The molecule has 1 fully saturated rings. The third-order valence-corrected chi connectivity index (χ3v) is 3.55. The van der Waals surface area contributed by atoms with Crippen molar-refractivity contribution in [3.63, 3.8) is 0 Å². The maximum absolute atomic E-state index is 11.1. The largest absolute Gasteiger partial charge is 0.391 e. The van der Waals surface area contributed by atoms with Crippen molar-refractivity contribution in [3.05, 3.63) is 33.9 Å². The number of carbonyl (C=O) groups excluding carboxylic acids is 1. The molecule has 0 spiro atoms. The molecule has 20 heavy (non-hydrogen) atoms. The highest BCUT2D eigenvalue weighted by atomic mass is 16.6. The molecule has 0 radical (unpaired) electrons. The van der Waals surface area contributed by atoms with Crippen LogP contribution >= 0.6 is 0 Å². The number of nitro groups is 1. The number of anilines is 1. The van der Waals surface area contributed by atoms with E-state index in [-0.39, 0.29) is 17.3 Å². The first kappa shape index (κ1) is 14.3. The Morgan fingerprint density at radius 3 is 2.70 bits per heavy atom. The van der Waals surface area contributed by atoms with Crippen LogP contribution in [0, 0.1) is 10.1 Å². The zero-order valence-corrected chi connectivity index (χ0v) is 10.9. The average Bonchev–Trinajstić information content (AvgIpc) is 2.41. The van der Waals surface area contributed by atoms with E-state index in [0.29, 0.717) is 12.1 Å². The van der Waals surface area contributed by atoms with Gasteiger partial charge in [-0.15, -0.1) is 0 Å². The molecule has 2 rings (SSSR count). The average molecular weight is 279 g/mol. The van der Waals surface area contributed by atoms with E-state index in [4.69, 9.17) is 5.73 Å². The lowest BCUT2D eigenvalue weighted by atomic mass is 9.92. The van der Waals surface area contributed by atoms with Crippen LogP contribution in [0.2, 0.25) is 0 Å². The molecule has 4 N–H and O–H groups in total. The first-order valence-corrected chi connectivity index (χ1v) is 6.52. The van der Waals surface area contributed by atoms with Gasteiger partial charge in [0, 0.05) is 11.6 Å². The van der Waals surface area contributed by atoms with Crippen LogP contribution in [-0.4, -0.2) is 28.1 Å². The number of hydrogen-bond acceptors (Lipinski definition) is 5. The van der Waals surface area contributed by atoms with E-state index in [0.717, 1.165) is 25.3 Å². The van der Waals surface area contributed by atoms with E-state index in [1.165, 1.54) is 12.1 Å². The molecule has 7 nitrogen and oxygen atoms in total. The number of amides is 1. The summed E-state index contributed by atoms with van der Waals surface area (Å²) in [5, 5.41) is 24.0. The van der Waals surface area contributed by atoms with Crippen molar-refractivity contribution < 1.29 is 14.8 Å². The van der Waals surface area contributed by atoms with E-state index >= 15 is 0 Å². The zero-order chi connectivity index (χ0) is 14.7. The molecule has 2 atom stereocenters. The van der Waals surface area contributed by atoms with Crippen LogP contribution in [0.5, 0.6) is 0 Å². The summed E-state index contributed by atoms with van der Waals surface area (Å²) < 4.78 is 0. The van der Waals surface area contributed by atoms with Gasteiger partial charge < -0.3 is 16.2 Å². The number of nitro benzene ring substituents is 1. The molecule has 0 bridgehead atoms. The van der Waals surface area contributed by atoms with Gasteiger partial charge in [0.25, 0.3) is 5.69 Å². The Morgan fingerprint density at radius 2 is 2.10 bits per heavy atom. The first-order valence-electron chi connectivity index (χ1n) is 6.52. The topological polar surface area (TPSA) is 118 Å². The first-order chi connectivity index (χ1) is 9.49. The zero-order valence-electron chi connectivity index (χ0n) is 10.9. The number of nitrogens with two attached hydrogens (primary N) is 1. The molecule has 2 unspecified atom stereocenters. The molecule has 0 heterocycles. The van der Waals surface area contributed by atoms with E-state index < -0.39 is 16.9 Å². The monoisotopic (exact) mass is 279 g/mol. The molecule has 1 aromatic rings. The van der Waals surface area contributed by atoms with Crippen molar-refractivity contribution in [2.75, 3.05) is 5.32 Å². The number of benzene rings is 1. The lowest BCUT2D eigenvalue weighted by Crippen LogP contribution is -2.36. The standard InChI is InChI=1S/C13H17N3O4/c14-13(18)8-5-6-9(11(7-8)16(19)20)15-10-3-1-2-4-12(10)17/h5-7,10,12,15,17H,1-4H2,(H2,14,18). The predicted molar refractivity (Wildman–Crippen MR) is 73.5 cm³/mol. The molecule has 1 aromatic carbocycles. The molecule has 108 valence electrons. The highest BCUT2D eigenvalue weighted by molar-refractivity contribution is 5.94. The second-order valence-electron chi connectivity index (χ2n) is 4.96.